The quantitative estimate of drug-likeness (QED) is 0.357. The van der Waals surface area contributed by atoms with Gasteiger partial charge in [0, 0.05) is 27.2 Å². The number of carbonyl (C=O) groups is 1. The first-order valence-corrected chi connectivity index (χ1v) is 8.56. The highest BCUT2D eigenvalue weighted by Gasteiger charge is 2.13. The Morgan fingerprint density at radius 3 is 2.65 bits per heavy atom. The third-order valence-electron chi connectivity index (χ3n) is 3.69. The Bertz CT molecular complexity index is 620. The van der Waals surface area contributed by atoms with E-state index in [1.165, 1.54) is 4.90 Å². The fraction of sp³-hybridized carbons (Fsp3) is 0.556. The Balaban J connectivity index is 0.00000338. The van der Waals surface area contributed by atoms with Gasteiger partial charge < -0.3 is 25.0 Å². The molecule has 146 valence electrons. The number of amides is 1. The molecule has 0 unspecified atom stereocenters. The van der Waals surface area contributed by atoms with Crippen molar-refractivity contribution in [1.82, 2.24) is 15.5 Å². The second kappa shape index (κ2) is 11.1. The molecule has 0 spiro atoms. The summed E-state index contributed by atoms with van der Waals surface area (Å²) in [5.41, 5.74) is 1.16. The molecule has 8 heteroatoms. The van der Waals surface area contributed by atoms with Crippen LogP contribution < -0.4 is 20.1 Å². The molecule has 2 N–H and O–H groups in total. The Morgan fingerprint density at radius 2 is 1.96 bits per heavy atom. The van der Waals surface area contributed by atoms with E-state index in [0.29, 0.717) is 18.4 Å². The number of carbonyl (C=O) groups excluding carboxylic acids is 1. The van der Waals surface area contributed by atoms with Crippen LogP contribution in [-0.2, 0) is 11.2 Å². The normalized spacial score (nSPS) is 12.6. The summed E-state index contributed by atoms with van der Waals surface area (Å²) in [5, 5.41) is 6.55. The zero-order valence-corrected chi connectivity index (χ0v) is 18.2. The van der Waals surface area contributed by atoms with Crippen LogP contribution in [0.2, 0.25) is 0 Å². The van der Waals surface area contributed by atoms with E-state index >= 15 is 0 Å². The molecule has 0 aliphatic carbocycles. The zero-order valence-electron chi connectivity index (χ0n) is 15.9. The fourth-order valence-electron chi connectivity index (χ4n) is 2.18. The van der Waals surface area contributed by atoms with Crippen molar-refractivity contribution in [2.75, 3.05) is 40.5 Å². The summed E-state index contributed by atoms with van der Waals surface area (Å²) >= 11 is 0. The molecule has 1 heterocycles. The van der Waals surface area contributed by atoms with Crippen LogP contribution >= 0.6 is 24.0 Å². The van der Waals surface area contributed by atoms with Crippen molar-refractivity contribution in [3.05, 3.63) is 23.8 Å². The SMILES string of the molecule is CC(C)CNC(=NCC(=O)N(C)C)NCCc1ccc2c(c1)OCO2.I. The number of ether oxygens (including phenoxy) is 2. The smallest absolute Gasteiger partial charge is 0.243 e. The highest BCUT2D eigenvalue weighted by Crippen LogP contribution is 2.32. The predicted molar refractivity (Wildman–Crippen MR) is 114 cm³/mol. The van der Waals surface area contributed by atoms with E-state index < -0.39 is 0 Å². The zero-order chi connectivity index (χ0) is 18.2. The van der Waals surface area contributed by atoms with Gasteiger partial charge in [0.25, 0.3) is 0 Å². The van der Waals surface area contributed by atoms with E-state index in [-0.39, 0.29) is 43.2 Å². The molecule has 26 heavy (non-hydrogen) atoms. The monoisotopic (exact) mass is 476 g/mol. The molecule has 1 aromatic carbocycles. The van der Waals surface area contributed by atoms with Crippen molar-refractivity contribution >= 4 is 35.8 Å². The van der Waals surface area contributed by atoms with Crippen LogP contribution in [0.4, 0.5) is 0 Å². The van der Waals surface area contributed by atoms with Gasteiger partial charge >= 0.3 is 0 Å². The van der Waals surface area contributed by atoms with Gasteiger partial charge in [-0.2, -0.15) is 0 Å². The standard InChI is InChI=1S/C18H28N4O3.HI/c1-13(2)10-20-18(21-11-17(23)22(3)4)19-8-7-14-5-6-15-16(9-14)25-12-24-15;/h5-6,9,13H,7-8,10-12H2,1-4H3,(H2,19,20,21);1H. The van der Waals surface area contributed by atoms with Crippen LogP contribution in [0.5, 0.6) is 11.5 Å². The number of hydrogen-bond donors (Lipinski definition) is 2. The molecule has 2 rings (SSSR count). The third-order valence-corrected chi connectivity index (χ3v) is 3.69. The van der Waals surface area contributed by atoms with Crippen molar-refractivity contribution < 1.29 is 14.3 Å². The second-order valence-electron chi connectivity index (χ2n) is 6.59. The number of nitrogens with one attached hydrogen (secondary N) is 2. The average molecular weight is 476 g/mol. The van der Waals surface area contributed by atoms with Gasteiger partial charge in [-0.05, 0) is 30.0 Å². The maximum absolute atomic E-state index is 11.7. The number of halogens is 1. The number of fused-ring (bicyclic) bond motifs is 1. The molecule has 0 atom stereocenters. The molecule has 1 aromatic rings. The molecule has 1 aliphatic rings. The van der Waals surface area contributed by atoms with E-state index in [9.17, 15) is 4.79 Å². The minimum atomic E-state index is -0.0265. The maximum Gasteiger partial charge on any atom is 0.243 e. The number of guanidine groups is 1. The third kappa shape index (κ3) is 7.27. The lowest BCUT2D eigenvalue weighted by molar-refractivity contribution is -0.127. The lowest BCUT2D eigenvalue weighted by Crippen LogP contribution is -2.41. The molecule has 0 aromatic heterocycles. The minimum absolute atomic E-state index is 0. The van der Waals surface area contributed by atoms with E-state index in [1.54, 1.807) is 14.1 Å². The number of likely N-dealkylation sites (N-methyl/N-ethyl adjacent to an activating group) is 1. The number of hydrogen-bond acceptors (Lipinski definition) is 4. The summed E-state index contributed by atoms with van der Waals surface area (Å²) in [7, 11) is 3.46. The molecule has 1 aliphatic heterocycles. The van der Waals surface area contributed by atoms with Gasteiger partial charge in [0.2, 0.25) is 12.7 Å². The van der Waals surface area contributed by atoms with Gasteiger partial charge in [-0.15, -0.1) is 24.0 Å². The van der Waals surface area contributed by atoms with E-state index in [4.69, 9.17) is 9.47 Å². The molecule has 0 saturated carbocycles. The Kier molecular flexibility index (Phi) is 9.53. The van der Waals surface area contributed by atoms with Gasteiger partial charge in [0.05, 0.1) is 0 Å². The lowest BCUT2D eigenvalue weighted by atomic mass is 10.1. The number of benzene rings is 1. The molecule has 1 amide bonds. The molecule has 0 fully saturated rings. The summed E-state index contributed by atoms with van der Waals surface area (Å²) in [5.74, 6) is 2.71. The van der Waals surface area contributed by atoms with Crippen molar-refractivity contribution in [2.45, 2.75) is 20.3 Å². The van der Waals surface area contributed by atoms with Gasteiger partial charge in [0.1, 0.15) is 6.54 Å². The predicted octanol–water partition coefficient (Wildman–Crippen LogP) is 1.86. The van der Waals surface area contributed by atoms with Crippen LogP contribution in [0, 0.1) is 5.92 Å². The molecule has 7 nitrogen and oxygen atoms in total. The average Bonchev–Trinajstić information content (AvgIpc) is 3.03. The first-order valence-electron chi connectivity index (χ1n) is 8.56. The highest BCUT2D eigenvalue weighted by atomic mass is 127. The maximum atomic E-state index is 11.7. The number of aliphatic imine (C=N–C) groups is 1. The van der Waals surface area contributed by atoms with Gasteiger partial charge in [-0.1, -0.05) is 19.9 Å². The Labute approximate surface area is 172 Å². The van der Waals surface area contributed by atoms with Crippen LogP contribution in [0.1, 0.15) is 19.4 Å². The lowest BCUT2D eigenvalue weighted by Gasteiger charge is -2.15. The largest absolute Gasteiger partial charge is 0.454 e. The van der Waals surface area contributed by atoms with E-state index in [2.05, 4.69) is 29.5 Å². The summed E-state index contributed by atoms with van der Waals surface area (Å²) in [6.45, 7) is 6.17. The van der Waals surface area contributed by atoms with Crippen LogP contribution in [-0.4, -0.2) is 57.3 Å². The van der Waals surface area contributed by atoms with Crippen molar-refractivity contribution in [3.63, 3.8) is 0 Å². The number of nitrogens with zero attached hydrogens (tertiary/aromatic N) is 2. The fourth-order valence-corrected chi connectivity index (χ4v) is 2.18. The molecule has 0 bridgehead atoms. The molecule has 0 saturated heterocycles. The molecular weight excluding hydrogens is 447 g/mol. The van der Waals surface area contributed by atoms with Gasteiger partial charge in [-0.3, -0.25) is 4.79 Å². The van der Waals surface area contributed by atoms with Crippen molar-refractivity contribution in [3.8, 4) is 11.5 Å². The van der Waals surface area contributed by atoms with Crippen LogP contribution in [0.3, 0.4) is 0 Å². The van der Waals surface area contributed by atoms with Crippen molar-refractivity contribution in [2.24, 2.45) is 10.9 Å². The minimum Gasteiger partial charge on any atom is -0.454 e. The van der Waals surface area contributed by atoms with E-state index in [1.807, 2.05) is 18.2 Å². The topological polar surface area (TPSA) is 75.2 Å². The molecular formula is C18H29IN4O3. The summed E-state index contributed by atoms with van der Waals surface area (Å²) < 4.78 is 10.7. The van der Waals surface area contributed by atoms with Crippen molar-refractivity contribution in [1.29, 1.82) is 0 Å². The number of rotatable bonds is 7. The Hall–Kier alpha value is -1.71. The van der Waals surface area contributed by atoms with Gasteiger partial charge in [0.15, 0.2) is 17.5 Å². The Morgan fingerprint density at radius 1 is 1.23 bits per heavy atom. The first kappa shape index (κ1) is 22.3. The summed E-state index contributed by atoms with van der Waals surface area (Å²) in [6, 6.07) is 5.96. The highest BCUT2D eigenvalue weighted by molar-refractivity contribution is 14.0. The molecule has 0 radical (unpaired) electrons. The summed E-state index contributed by atoms with van der Waals surface area (Å²) in [6.07, 6.45) is 0.820. The summed E-state index contributed by atoms with van der Waals surface area (Å²) in [4.78, 5) is 17.6. The van der Waals surface area contributed by atoms with E-state index in [0.717, 1.165) is 30.0 Å². The second-order valence-corrected chi connectivity index (χ2v) is 6.59. The van der Waals surface area contributed by atoms with Crippen LogP contribution in [0.15, 0.2) is 23.2 Å². The van der Waals surface area contributed by atoms with Crippen LogP contribution in [0.25, 0.3) is 0 Å². The first-order chi connectivity index (χ1) is 12.0. The van der Waals surface area contributed by atoms with Gasteiger partial charge in [-0.25, -0.2) is 4.99 Å².